The SMILES string of the molecule is [2H]C([2H])([2H])[N]([Al]([CH2]C(C)C)[CH2]C(C)C)C([2H])([2H])[2H]. The molecule has 0 saturated heterocycles. The zero-order chi connectivity index (χ0) is 14.7. The van der Waals surface area contributed by atoms with Gasteiger partial charge in [-0.1, -0.05) is 50.1 Å². The highest BCUT2D eigenvalue weighted by Crippen LogP contribution is 2.15. The fourth-order valence-electron chi connectivity index (χ4n) is 1.40. The predicted molar refractivity (Wildman–Crippen MR) is 58.7 cm³/mol. The summed E-state index contributed by atoms with van der Waals surface area (Å²) < 4.78 is 45.9. The van der Waals surface area contributed by atoms with E-state index in [2.05, 4.69) is 0 Å². The van der Waals surface area contributed by atoms with Gasteiger partial charge in [0.15, 0.2) is 0 Å². The Balaban J connectivity index is 5.21. The maximum absolute atomic E-state index is 7.50. The Bertz CT molecular complexity index is 224. The van der Waals surface area contributed by atoms with E-state index in [1.807, 2.05) is 27.7 Å². The Morgan fingerprint density at radius 3 is 1.75 bits per heavy atom. The lowest BCUT2D eigenvalue weighted by Gasteiger charge is -2.22. The van der Waals surface area contributed by atoms with Crippen molar-refractivity contribution in [3.05, 3.63) is 0 Å². The molecule has 0 bridgehead atoms. The lowest BCUT2D eigenvalue weighted by atomic mass is 10.3. The van der Waals surface area contributed by atoms with Crippen LogP contribution in [0.15, 0.2) is 0 Å². The fourth-order valence-corrected chi connectivity index (χ4v) is 4.19. The summed E-state index contributed by atoms with van der Waals surface area (Å²) >= 11 is -2.01. The summed E-state index contributed by atoms with van der Waals surface area (Å²) in [6.45, 7) is 3.00. The third-order valence-electron chi connectivity index (χ3n) is 1.85. The van der Waals surface area contributed by atoms with E-state index in [0.717, 1.165) is 14.4 Å². The molecule has 0 aromatic heterocycles. The van der Waals surface area contributed by atoms with Crippen molar-refractivity contribution >= 4 is 14.4 Å². The van der Waals surface area contributed by atoms with Crippen LogP contribution in [0.4, 0.5) is 0 Å². The molecule has 0 aromatic rings. The van der Waals surface area contributed by atoms with Crippen LogP contribution in [0, 0.1) is 11.8 Å². The van der Waals surface area contributed by atoms with Crippen LogP contribution >= 0.6 is 0 Å². The van der Waals surface area contributed by atoms with E-state index in [9.17, 15) is 0 Å². The second-order valence-corrected chi connectivity index (χ2v) is 7.05. The van der Waals surface area contributed by atoms with E-state index in [0.29, 0.717) is 11.8 Å². The molecule has 0 aliphatic rings. The summed E-state index contributed by atoms with van der Waals surface area (Å²) in [6.07, 6.45) is 0. The Kier molecular flexibility index (Phi) is 2.71. The third kappa shape index (κ3) is 6.06. The average molecular weight is 191 g/mol. The monoisotopic (exact) mass is 191 g/mol. The first-order valence-corrected chi connectivity index (χ1v) is 6.80. The first-order chi connectivity index (χ1) is 7.85. The van der Waals surface area contributed by atoms with Gasteiger partial charge in [-0.15, -0.1) is 0 Å². The molecule has 1 nitrogen and oxygen atoms in total. The maximum Gasteiger partial charge on any atom is 0.372 e. The molecule has 0 rings (SSSR count). The van der Waals surface area contributed by atoms with Crippen LogP contribution in [0.3, 0.4) is 0 Å². The van der Waals surface area contributed by atoms with Crippen LogP contribution < -0.4 is 0 Å². The summed E-state index contributed by atoms with van der Waals surface area (Å²) in [7, 11) is 0. The predicted octanol–water partition coefficient (Wildman–Crippen LogP) is 2.85. The van der Waals surface area contributed by atoms with Crippen molar-refractivity contribution in [3.8, 4) is 0 Å². The molecule has 72 valence electrons. The lowest BCUT2D eigenvalue weighted by molar-refractivity contribution is 0.579. The van der Waals surface area contributed by atoms with E-state index < -0.39 is 28.3 Å². The highest BCUT2D eigenvalue weighted by molar-refractivity contribution is 6.55. The second kappa shape index (κ2) is 6.02. The van der Waals surface area contributed by atoms with Gasteiger partial charge in [0.05, 0.1) is 0 Å². The van der Waals surface area contributed by atoms with Crippen LogP contribution in [0.25, 0.3) is 0 Å². The standard InChI is InChI=1S/2C4H9.C2H6N.Al/c2*1-4(2)3;1-3-2;/h2*4H,1H2,2-3H3;1-2H3;/q;;-1;+1/i;;1D3,2D3;. The third-order valence-corrected chi connectivity index (χ3v) is 5.56. The summed E-state index contributed by atoms with van der Waals surface area (Å²) in [5.41, 5.74) is 0. The molecule has 0 aromatic carbocycles. The molecule has 0 unspecified atom stereocenters. The van der Waals surface area contributed by atoms with E-state index in [4.69, 9.17) is 8.22 Å². The number of nitrogens with zero attached hydrogens (tertiary/aromatic N) is 1. The van der Waals surface area contributed by atoms with Gasteiger partial charge in [-0.25, -0.2) is 0 Å². The largest absolute Gasteiger partial charge is 0.390 e. The van der Waals surface area contributed by atoms with Gasteiger partial charge in [0.2, 0.25) is 0 Å². The molecule has 0 atom stereocenters. The minimum Gasteiger partial charge on any atom is -0.390 e. The van der Waals surface area contributed by atoms with E-state index in [1.54, 1.807) is 0 Å². The molecule has 2 heteroatoms. The lowest BCUT2D eigenvalue weighted by Crippen LogP contribution is -2.34. The normalized spacial score (nSPS) is 21.2. The molecule has 0 spiro atoms. The van der Waals surface area contributed by atoms with Crippen molar-refractivity contribution in [3.63, 3.8) is 0 Å². The van der Waals surface area contributed by atoms with Crippen molar-refractivity contribution in [1.82, 2.24) is 3.88 Å². The highest BCUT2D eigenvalue weighted by Gasteiger charge is 2.22. The van der Waals surface area contributed by atoms with Crippen LogP contribution in [-0.2, 0) is 0 Å². The van der Waals surface area contributed by atoms with Gasteiger partial charge in [-0.3, -0.25) is 0 Å². The zero-order valence-corrected chi connectivity index (χ0v) is 9.75. The molecule has 12 heavy (non-hydrogen) atoms. The topological polar surface area (TPSA) is 3.24 Å². The first kappa shape index (κ1) is 5.39. The van der Waals surface area contributed by atoms with Crippen molar-refractivity contribution in [2.45, 2.75) is 38.3 Å². The van der Waals surface area contributed by atoms with Crippen LogP contribution in [-0.4, -0.2) is 32.2 Å². The number of hydrogen-bond donors (Lipinski definition) is 0. The molecule has 0 aliphatic heterocycles. The minimum atomic E-state index is -2.52. The van der Waals surface area contributed by atoms with Gasteiger partial charge < -0.3 is 3.88 Å². The molecule has 0 saturated carbocycles. The van der Waals surface area contributed by atoms with Crippen LogP contribution in [0.1, 0.15) is 35.9 Å². The Morgan fingerprint density at radius 1 is 1.08 bits per heavy atom. The average Bonchev–Trinajstić information content (AvgIpc) is 1.93. The van der Waals surface area contributed by atoms with E-state index in [1.165, 1.54) is 0 Å². The van der Waals surface area contributed by atoms with Crippen molar-refractivity contribution in [1.29, 1.82) is 0 Å². The smallest absolute Gasteiger partial charge is 0.372 e. The molecule has 0 fully saturated rings. The quantitative estimate of drug-likeness (QED) is 0.604. The molecule has 0 radical (unpaired) electrons. The molecule has 0 aliphatic carbocycles. The van der Waals surface area contributed by atoms with Gasteiger partial charge in [0.1, 0.15) is 0 Å². The second-order valence-electron chi connectivity index (χ2n) is 4.28. The Labute approximate surface area is 91.2 Å². The Morgan fingerprint density at radius 2 is 1.50 bits per heavy atom. The van der Waals surface area contributed by atoms with Gasteiger partial charge in [0, 0.05) is 8.22 Å². The summed E-state index contributed by atoms with van der Waals surface area (Å²) in [5.74, 6) is 0.653. The molecular formula is C10H24AlN. The minimum absolute atomic E-state index is 0.326. The van der Waals surface area contributed by atoms with Crippen molar-refractivity contribution < 1.29 is 8.22 Å². The van der Waals surface area contributed by atoms with Crippen molar-refractivity contribution in [2.75, 3.05) is 14.0 Å². The first-order valence-electron chi connectivity index (χ1n) is 7.65. The van der Waals surface area contributed by atoms with Crippen molar-refractivity contribution in [2.24, 2.45) is 11.8 Å². The zero-order valence-electron chi connectivity index (χ0n) is 14.6. The molecule has 0 amide bonds. The number of rotatable bonds is 5. The summed E-state index contributed by atoms with van der Waals surface area (Å²) in [5, 5.41) is 1.43. The number of hydrogen-bond acceptors (Lipinski definition) is 1. The van der Waals surface area contributed by atoms with Gasteiger partial charge >= 0.3 is 14.4 Å². The molecule has 0 heterocycles. The Hall–Kier alpha value is 0.492. The summed E-state index contributed by atoms with van der Waals surface area (Å²) in [4.78, 5) is 0. The highest BCUT2D eigenvalue weighted by atomic mass is 27.2. The van der Waals surface area contributed by atoms with E-state index >= 15 is 0 Å². The van der Waals surface area contributed by atoms with Crippen LogP contribution in [0.2, 0.25) is 10.6 Å². The molecule has 0 N–H and O–H groups in total. The van der Waals surface area contributed by atoms with Gasteiger partial charge in [0.25, 0.3) is 0 Å². The fraction of sp³-hybridized carbons (Fsp3) is 1.00. The van der Waals surface area contributed by atoms with Crippen LogP contribution in [0.5, 0.6) is 0 Å². The van der Waals surface area contributed by atoms with Gasteiger partial charge in [-0.05, 0) is 14.0 Å². The maximum atomic E-state index is 7.50. The summed E-state index contributed by atoms with van der Waals surface area (Å²) in [6, 6.07) is 0. The van der Waals surface area contributed by atoms with Gasteiger partial charge in [-0.2, -0.15) is 0 Å². The molecular weight excluding hydrogens is 161 g/mol. The van der Waals surface area contributed by atoms with E-state index in [-0.39, 0.29) is 0 Å².